The van der Waals surface area contributed by atoms with Crippen LogP contribution in [0.1, 0.15) is 22.8 Å². The first kappa shape index (κ1) is 15.4. The molecule has 7 heteroatoms. The molecule has 0 heterocycles. The number of benzene rings is 2. The number of hydrogen-bond acceptors (Lipinski definition) is 1. The second-order valence-corrected chi connectivity index (χ2v) is 4.25. The van der Waals surface area contributed by atoms with Gasteiger partial charge in [-0.1, -0.05) is 24.3 Å². The van der Waals surface area contributed by atoms with E-state index in [0.29, 0.717) is 6.07 Å². The molecule has 0 saturated heterocycles. The third-order valence-corrected chi connectivity index (χ3v) is 2.90. The van der Waals surface area contributed by atoms with E-state index in [9.17, 15) is 31.4 Å². The fourth-order valence-corrected chi connectivity index (χ4v) is 1.88. The molecule has 2 rings (SSSR count). The van der Waals surface area contributed by atoms with Gasteiger partial charge >= 0.3 is 6.18 Å². The molecule has 0 aliphatic carbocycles. The highest BCUT2D eigenvalue weighted by Gasteiger charge is 2.36. The molecule has 2 aromatic rings. The van der Waals surface area contributed by atoms with Crippen molar-refractivity contribution in [1.82, 2.24) is 0 Å². The van der Waals surface area contributed by atoms with Gasteiger partial charge < -0.3 is 5.11 Å². The highest BCUT2D eigenvalue weighted by atomic mass is 19.4. The monoisotopic (exact) mass is 306 g/mol. The Balaban J connectivity index is 2.54. The van der Waals surface area contributed by atoms with E-state index in [2.05, 4.69) is 0 Å². The van der Waals surface area contributed by atoms with Crippen LogP contribution in [-0.4, -0.2) is 5.11 Å². The van der Waals surface area contributed by atoms with Gasteiger partial charge in [-0.05, 0) is 12.1 Å². The summed E-state index contributed by atoms with van der Waals surface area (Å²) in [7, 11) is 0. The molecular formula is C14H8F6O. The summed E-state index contributed by atoms with van der Waals surface area (Å²) in [5.74, 6) is -4.46. The normalized spacial score (nSPS) is 13.3. The molecule has 1 atom stereocenters. The lowest BCUT2D eigenvalue weighted by Gasteiger charge is -2.16. The molecule has 112 valence electrons. The quantitative estimate of drug-likeness (QED) is 0.824. The first-order valence-corrected chi connectivity index (χ1v) is 5.71. The van der Waals surface area contributed by atoms with Crippen LogP contribution in [-0.2, 0) is 6.18 Å². The minimum atomic E-state index is -4.96. The van der Waals surface area contributed by atoms with Gasteiger partial charge in [0, 0.05) is 11.1 Å². The minimum absolute atomic E-state index is 0.494. The van der Waals surface area contributed by atoms with E-state index in [4.69, 9.17) is 0 Å². The van der Waals surface area contributed by atoms with Crippen molar-refractivity contribution in [3.8, 4) is 0 Å². The molecule has 0 aromatic heterocycles. The second-order valence-electron chi connectivity index (χ2n) is 4.25. The summed E-state index contributed by atoms with van der Waals surface area (Å²) >= 11 is 0. The average molecular weight is 306 g/mol. The molecule has 0 bridgehead atoms. The van der Waals surface area contributed by atoms with E-state index >= 15 is 0 Å². The molecule has 0 radical (unpaired) electrons. The van der Waals surface area contributed by atoms with E-state index in [1.54, 1.807) is 0 Å². The van der Waals surface area contributed by atoms with E-state index in [1.165, 1.54) is 0 Å². The molecule has 1 unspecified atom stereocenters. The van der Waals surface area contributed by atoms with Gasteiger partial charge in [0.15, 0.2) is 11.6 Å². The SMILES string of the molecule is OC(c1cccc(F)c1F)c1cccc(C(F)(F)F)c1F. The summed E-state index contributed by atoms with van der Waals surface area (Å²) < 4.78 is 78.2. The van der Waals surface area contributed by atoms with E-state index in [1.807, 2.05) is 0 Å². The lowest BCUT2D eigenvalue weighted by Crippen LogP contribution is -2.13. The molecule has 0 aliphatic rings. The standard InChI is InChI=1S/C14H8F6O/c15-10-6-2-4-8(12(10)17)13(21)7-3-1-5-9(11(7)16)14(18,19)20/h1-6,13,21H. The topological polar surface area (TPSA) is 20.2 Å². The second kappa shape index (κ2) is 5.40. The first-order valence-electron chi connectivity index (χ1n) is 5.71. The number of hydrogen-bond donors (Lipinski definition) is 1. The zero-order valence-corrected chi connectivity index (χ0v) is 10.3. The Bertz CT molecular complexity index is 665. The van der Waals surface area contributed by atoms with Crippen LogP contribution in [0.4, 0.5) is 26.3 Å². The maximum absolute atomic E-state index is 13.8. The van der Waals surface area contributed by atoms with Crippen LogP contribution in [0, 0.1) is 17.5 Å². The van der Waals surface area contributed by atoms with Gasteiger partial charge in [0.25, 0.3) is 0 Å². The zero-order chi connectivity index (χ0) is 15.8. The lowest BCUT2D eigenvalue weighted by atomic mass is 9.98. The minimum Gasteiger partial charge on any atom is -0.383 e. The third kappa shape index (κ3) is 2.87. The van der Waals surface area contributed by atoms with Gasteiger partial charge in [-0.2, -0.15) is 13.2 Å². The molecule has 0 aliphatic heterocycles. The third-order valence-electron chi connectivity index (χ3n) is 2.90. The highest BCUT2D eigenvalue weighted by Crippen LogP contribution is 2.35. The van der Waals surface area contributed by atoms with Crippen LogP contribution in [0.25, 0.3) is 0 Å². The first-order chi connectivity index (χ1) is 9.73. The molecule has 0 saturated carbocycles. The summed E-state index contributed by atoms with van der Waals surface area (Å²) in [5, 5.41) is 9.85. The van der Waals surface area contributed by atoms with Crippen LogP contribution >= 0.6 is 0 Å². The predicted octanol–water partition coefficient (Wildman–Crippen LogP) is 4.20. The molecule has 0 fully saturated rings. The maximum Gasteiger partial charge on any atom is 0.419 e. The van der Waals surface area contributed by atoms with Gasteiger partial charge in [-0.25, -0.2) is 13.2 Å². The Hall–Kier alpha value is -2.02. The van der Waals surface area contributed by atoms with E-state index in [0.717, 1.165) is 30.3 Å². The summed E-state index contributed by atoms with van der Waals surface area (Å²) in [5.41, 5.74) is -3.02. The van der Waals surface area contributed by atoms with Crippen LogP contribution in [0.2, 0.25) is 0 Å². The number of alkyl halides is 3. The molecule has 1 N–H and O–H groups in total. The summed E-state index contributed by atoms with van der Waals surface area (Å²) in [6.07, 6.45) is -7.01. The van der Waals surface area contributed by atoms with E-state index < -0.39 is 46.4 Å². The number of halogens is 6. The van der Waals surface area contributed by atoms with Crippen molar-refractivity contribution in [3.05, 3.63) is 70.5 Å². The number of aliphatic hydroxyl groups excluding tert-OH is 1. The predicted molar refractivity (Wildman–Crippen MR) is 61.8 cm³/mol. The molecule has 1 nitrogen and oxygen atoms in total. The van der Waals surface area contributed by atoms with Gasteiger partial charge in [-0.15, -0.1) is 0 Å². The fourth-order valence-electron chi connectivity index (χ4n) is 1.88. The summed E-state index contributed by atoms with van der Waals surface area (Å²) in [4.78, 5) is 0. The molecular weight excluding hydrogens is 298 g/mol. The van der Waals surface area contributed by atoms with Gasteiger partial charge in [0.2, 0.25) is 0 Å². The number of rotatable bonds is 2. The smallest absolute Gasteiger partial charge is 0.383 e. The van der Waals surface area contributed by atoms with Crippen molar-refractivity contribution < 1.29 is 31.4 Å². The van der Waals surface area contributed by atoms with Crippen LogP contribution in [0.5, 0.6) is 0 Å². The maximum atomic E-state index is 13.8. The van der Waals surface area contributed by atoms with Crippen molar-refractivity contribution in [2.24, 2.45) is 0 Å². The Morgan fingerprint density at radius 1 is 0.810 bits per heavy atom. The van der Waals surface area contributed by atoms with Crippen molar-refractivity contribution in [2.45, 2.75) is 12.3 Å². The van der Waals surface area contributed by atoms with Crippen LogP contribution < -0.4 is 0 Å². The van der Waals surface area contributed by atoms with E-state index in [-0.39, 0.29) is 0 Å². The Labute approximate surface area is 115 Å². The average Bonchev–Trinajstić information content (AvgIpc) is 2.40. The van der Waals surface area contributed by atoms with Gasteiger partial charge in [-0.3, -0.25) is 0 Å². The Kier molecular flexibility index (Phi) is 3.95. The van der Waals surface area contributed by atoms with Crippen LogP contribution in [0.3, 0.4) is 0 Å². The van der Waals surface area contributed by atoms with Crippen LogP contribution in [0.15, 0.2) is 36.4 Å². The Morgan fingerprint density at radius 3 is 1.90 bits per heavy atom. The summed E-state index contributed by atoms with van der Waals surface area (Å²) in [6, 6.07) is 5.04. The highest BCUT2D eigenvalue weighted by molar-refractivity contribution is 5.36. The van der Waals surface area contributed by atoms with Crippen molar-refractivity contribution >= 4 is 0 Å². The van der Waals surface area contributed by atoms with Gasteiger partial charge in [0.1, 0.15) is 11.9 Å². The summed E-state index contributed by atoms with van der Waals surface area (Å²) in [6.45, 7) is 0. The van der Waals surface area contributed by atoms with Crippen molar-refractivity contribution in [2.75, 3.05) is 0 Å². The van der Waals surface area contributed by atoms with Crippen molar-refractivity contribution in [1.29, 1.82) is 0 Å². The van der Waals surface area contributed by atoms with Gasteiger partial charge in [0.05, 0.1) is 5.56 Å². The Morgan fingerprint density at radius 2 is 1.33 bits per heavy atom. The lowest BCUT2D eigenvalue weighted by molar-refractivity contribution is -0.140. The zero-order valence-electron chi connectivity index (χ0n) is 10.3. The van der Waals surface area contributed by atoms with Crippen molar-refractivity contribution in [3.63, 3.8) is 0 Å². The molecule has 0 spiro atoms. The molecule has 21 heavy (non-hydrogen) atoms. The number of aliphatic hydroxyl groups is 1. The molecule has 2 aromatic carbocycles. The fraction of sp³-hybridized carbons (Fsp3) is 0.143. The largest absolute Gasteiger partial charge is 0.419 e. The molecule has 0 amide bonds.